The molecule has 0 saturated carbocycles. The first-order chi connectivity index (χ1) is 15.7. The average molecular weight is 458 g/mol. The zero-order chi connectivity index (χ0) is 24.2. The number of halogens is 1. The first-order valence-corrected chi connectivity index (χ1v) is 11.4. The van der Waals surface area contributed by atoms with E-state index < -0.39 is 17.4 Å². The summed E-state index contributed by atoms with van der Waals surface area (Å²) in [6, 6.07) is 5.88. The topological polar surface area (TPSA) is 96.3 Å². The SMILES string of the molecule is CCCN1C(=O)c2c(C(=O)NCCC(C)C)ncn2CC1(C)C(=O)NCc1ccc(F)cc1. The number of hydrogen-bond acceptors (Lipinski definition) is 4. The standard InChI is InChI=1S/C24H32FN5O3/c1-5-12-30-22(32)20-19(21(31)26-11-10-16(2)3)28-15-29(20)14-24(30,4)23(33)27-13-17-6-8-18(25)9-7-17/h6-9,15-16H,5,10-14H2,1-4H3,(H,26,31)(H,27,33). The van der Waals surface area contributed by atoms with Gasteiger partial charge in [-0.05, 0) is 43.4 Å². The minimum atomic E-state index is -1.16. The Morgan fingerprint density at radius 2 is 1.91 bits per heavy atom. The molecule has 9 heteroatoms. The van der Waals surface area contributed by atoms with Gasteiger partial charge in [0.15, 0.2) is 5.69 Å². The molecule has 2 heterocycles. The maximum atomic E-state index is 13.5. The lowest BCUT2D eigenvalue weighted by Crippen LogP contribution is -2.64. The number of nitrogens with zero attached hydrogens (tertiary/aromatic N) is 3. The summed E-state index contributed by atoms with van der Waals surface area (Å²) < 4.78 is 14.7. The quantitative estimate of drug-likeness (QED) is 0.605. The van der Waals surface area contributed by atoms with Crippen LogP contribution in [-0.2, 0) is 17.9 Å². The summed E-state index contributed by atoms with van der Waals surface area (Å²) in [6.45, 7) is 9.02. The van der Waals surface area contributed by atoms with E-state index in [0.717, 1.165) is 12.0 Å². The Balaban J connectivity index is 1.81. The fourth-order valence-electron chi connectivity index (χ4n) is 3.96. The third-order valence-electron chi connectivity index (χ3n) is 5.88. The van der Waals surface area contributed by atoms with Crippen molar-refractivity contribution < 1.29 is 18.8 Å². The number of hydrogen-bond donors (Lipinski definition) is 2. The molecule has 1 aliphatic rings. The van der Waals surface area contributed by atoms with Gasteiger partial charge in [0.1, 0.15) is 17.1 Å². The molecule has 1 aromatic carbocycles. The number of rotatable bonds is 9. The van der Waals surface area contributed by atoms with Gasteiger partial charge in [-0.25, -0.2) is 9.37 Å². The Morgan fingerprint density at radius 1 is 1.21 bits per heavy atom. The van der Waals surface area contributed by atoms with E-state index in [2.05, 4.69) is 29.5 Å². The first-order valence-electron chi connectivity index (χ1n) is 11.4. The Bertz CT molecular complexity index is 1020. The van der Waals surface area contributed by atoms with E-state index in [4.69, 9.17) is 0 Å². The van der Waals surface area contributed by atoms with Gasteiger partial charge in [0.05, 0.1) is 12.9 Å². The molecule has 8 nitrogen and oxygen atoms in total. The second-order valence-electron chi connectivity index (χ2n) is 9.05. The number of amides is 3. The van der Waals surface area contributed by atoms with E-state index in [0.29, 0.717) is 25.4 Å². The Kier molecular flexibility index (Phi) is 7.50. The van der Waals surface area contributed by atoms with Crippen LogP contribution >= 0.6 is 0 Å². The lowest BCUT2D eigenvalue weighted by Gasteiger charge is -2.43. The summed E-state index contributed by atoms with van der Waals surface area (Å²) >= 11 is 0. The van der Waals surface area contributed by atoms with Crippen LogP contribution in [0.4, 0.5) is 4.39 Å². The van der Waals surface area contributed by atoms with Crippen LogP contribution in [-0.4, -0.2) is 50.8 Å². The maximum absolute atomic E-state index is 13.5. The number of imidazole rings is 1. The van der Waals surface area contributed by atoms with E-state index >= 15 is 0 Å². The van der Waals surface area contributed by atoms with Gasteiger partial charge in [-0.3, -0.25) is 14.4 Å². The molecule has 1 unspecified atom stereocenters. The predicted molar refractivity (Wildman–Crippen MR) is 122 cm³/mol. The van der Waals surface area contributed by atoms with Crippen molar-refractivity contribution in [2.24, 2.45) is 5.92 Å². The molecule has 0 radical (unpaired) electrons. The highest BCUT2D eigenvalue weighted by Crippen LogP contribution is 2.29. The van der Waals surface area contributed by atoms with Gasteiger partial charge in [-0.15, -0.1) is 0 Å². The van der Waals surface area contributed by atoms with E-state index in [1.807, 2.05) is 6.92 Å². The summed E-state index contributed by atoms with van der Waals surface area (Å²) in [4.78, 5) is 45.1. The number of carbonyl (C=O) groups excluding carboxylic acids is 3. The normalized spacial score (nSPS) is 17.8. The van der Waals surface area contributed by atoms with Crippen molar-refractivity contribution in [2.75, 3.05) is 13.1 Å². The molecule has 0 aliphatic carbocycles. The Morgan fingerprint density at radius 3 is 2.55 bits per heavy atom. The summed E-state index contributed by atoms with van der Waals surface area (Å²) in [5.74, 6) is -1.01. The molecular weight excluding hydrogens is 425 g/mol. The van der Waals surface area contributed by atoms with Crippen molar-refractivity contribution in [1.82, 2.24) is 25.1 Å². The van der Waals surface area contributed by atoms with E-state index in [1.165, 1.54) is 23.4 Å². The van der Waals surface area contributed by atoms with Crippen LogP contribution in [0.2, 0.25) is 0 Å². The highest BCUT2D eigenvalue weighted by molar-refractivity contribution is 6.07. The highest BCUT2D eigenvalue weighted by Gasteiger charge is 2.48. The largest absolute Gasteiger partial charge is 0.351 e. The lowest BCUT2D eigenvalue weighted by atomic mass is 9.93. The van der Waals surface area contributed by atoms with Crippen LogP contribution in [0.25, 0.3) is 0 Å². The number of aromatic nitrogens is 2. The molecule has 2 N–H and O–H groups in total. The highest BCUT2D eigenvalue weighted by atomic mass is 19.1. The smallest absolute Gasteiger partial charge is 0.273 e. The molecule has 0 bridgehead atoms. The van der Waals surface area contributed by atoms with Crippen LogP contribution in [0.3, 0.4) is 0 Å². The fraction of sp³-hybridized carbons (Fsp3) is 0.500. The van der Waals surface area contributed by atoms with Gasteiger partial charge in [-0.2, -0.15) is 0 Å². The van der Waals surface area contributed by atoms with Gasteiger partial charge in [0.2, 0.25) is 5.91 Å². The molecule has 2 aromatic rings. The predicted octanol–water partition coefficient (Wildman–Crippen LogP) is 2.74. The first kappa shape index (κ1) is 24.4. The second kappa shape index (κ2) is 10.1. The van der Waals surface area contributed by atoms with E-state index in [9.17, 15) is 18.8 Å². The molecule has 3 rings (SSSR count). The van der Waals surface area contributed by atoms with Crippen molar-refractivity contribution >= 4 is 17.7 Å². The van der Waals surface area contributed by atoms with Gasteiger partial charge < -0.3 is 20.1 Å². The van der Waals surface area contributed by atoms with Crippen LogP contribution in [0.1, 0.15) is 67.1 Å². The van der Waals surface area contributed by atoms with E-state index in [1.54, 1.807) is 23.6 Å². The lowest BCUT2D eigenvalue weighted by molar-refractivity contribution is -0.133. The average Bonchev–Trinajstić information content (AvgIpc) is 3.19. The number of fused-ring (bicyclic) bond motifs is 1. The van der Waals surface area contributed by atoms with Crippen molar-refractivity contribution in [3.63, 3.8) is 0 Å². The number of benzene rings is 1. The molecule has 1 aliphatic heterocycles. The molecule has 0 spiro atoms. The molecule has 178 valence electrons. The van der Waals surface area contributed by atoms with Crippen molar-refractivity contribution in [1.29, 1.82) is 0 Å². The molecular formula is C24H32FN5O3. The monoisotopic (exact) mass is 457 g/mol. The van der Waals surface area contributed by atoms with Gasteiger partial charge in [0.25, 0.3) is 11.8 Å². The third-order valence-corrected chi connectivity index (χ3v) is 5.88. The summed E-state index contributed by atoms with van der Waals surface area (Å²) in [5, 5.41) is 5.70. The molecule has 0 saturated heterocycles. The minimum absolute atomic E-state index is 0.0821. The Hall–Kier alpha value is -3.23. The van der Waals surface area contributed by atoms with E-state index in [-0.39, 0.29) is 36.2 Å². The second-order valence-corrected chi connectivity index (χ2v) is 9.05. The third kappa shape index (κ3) is 5.23. The maximum Gasteiger partial charge on any atom is 0.273 e. The number of nitrogens with one attached hydrogen (secondary N) is 2. The number of carbonyl (C=O) groups is 3. The molecule has 1 atom stereocenters. The molecule has 0 fully saturated rings. The fourth-order valence-corrected chi connectivity index (χ4v) is 3.96. The van der Waals surface area contributed by atoms with Gasteiger partial charge >= 0.3 is 0 Å². The van der Waals surface area contributed by atoms with Crippen LogP contribution in [0.15, 0.2) is 30.6 Å². The van der Waals surface area contributed by atoms with Gasteiger partial charge in [0, 0.05) is 19.6 Å². The summed E-state index contributed by atoms with van der Waals surface area (Å²) in [5.41, 5.74) is -0.124. The Labute approximate surface area is 193 Å². The molecule has 1 aromatic heterocycles. The van der Waals surface area contributed by atoms with Crippen molar-refractivity contribution in [2.45, 2.75) is 59.2 Å². The van der Waals surface area contributed by atoms with Gasteiger partial charge in [-0.1, -0.05) is 32.9 Å². The molecule has 33 heavy (non-hydrogen) atoms. The molecule has 3 amide bonds. The van der Waals surface area contributed by atoms with Crippen LogP contribution in [0.5, 0.6) is 0 Å². The zero-order valence-corrected chi connectivity index (χ0v) is 19.7. The van der Waals surface area contributed by atoms with Crippen LogP contribution < -0.4 is 10.6 Å². The minimum Gasteiger partial charge on any atom is -0.351 e. The summed E-state index contributed by atoms with van der Waals surface area (Å²) in [6.07, 6.45) is 2.92. The van der Waals surface area contributed by atoms with Crippen molar-refractivity contribution in [3.05, 3.63) is 53.4 Å². The summed E-state index contributed by atoms with van der Waals surface area (Å²) in [7, 11) is 0. The van der Waals surface area contributed by atoms with Crippen LogP contribution in [0, 0.1) is 11.7 Å². The van der Waals surface area contributed by atoms with Crippen molar-refractivity contribution in [3.8, 4) is 0 Å². The zero-order valence-electron chi connectivity index (χ0n) is 19.7.